The van der Waals surface area contributed by atoms with Crippen LogP contribution in [0.2, 0.25) is 5.02 Å². The Morgan fingerprint density at radius 2 is 1.83 bits per heavy atom. The van der Waals surface area contributed by atoms with Gasteiger partial charge < -0.3 is 15.2 Å². The second-order valence-corrected chi connectivity index (χ2v) is 4.19. The van der Waals surface area contributed by atoms with Crippen molar-refractivity contribution in [3.63, 3.8) is 0 Å². The van der Waals surface area contributed by atoms with E-state index in [0.717, 1.165) is 0 Å². The first-order valence-electron chi connectivity index (χ1n) is 5.35. The number of carbonyl (C=O) groups excluding carboxylic acids is 2. The largest absolute Gasteiger partial charge is 0.451 e. The van der Waals surface area contributed by atoms with Crippen molar-refractivity contribution < 1.29 is 19.4 Å². The number of ether oxygens (including phenoxy) is 1. The fourth-order valence-corrected chi connectivity index (χ4v) is 1.23. The highest BCUT2D eigenvalue weighted by Crippen LogP contribution is 2.13. The fraction of sp³-hybridized carbons (Fsp3) is 0.333. The van der Waals surface area contributed by atoms with Gasteiger partial charge in [-0.25, -0.2) is 4.79 Å². The van der Waals surface area contributed by atoms with E-state index in [0.29, 0.717) is 10.7 Å². The maximum absolute atomic E-state index is 11.7. The second kappa shape index (κ2) is 6.37. The molecule has 1 aromatic rings. The normalized spacial score (nSPS) is 13.6. The van der Waals surface area contributed by atoms with Gasteiger partial charge >= 0.3 is 5.97 Å². The van der Waals surface area contributed by atoms with Crippen LogP contribution in [0.25, 0.3) is 0 Å². The molecule has 2 N–H and O–H groups in total. The zero-order chi connectivity index (χ0) is 13.7. The Morgan fingerprint density at radius 1 is 1.28 bits per heavy atom. The van der Waals surface area contributed by atoms with E-state index in [2.05, 4.69) is 5.32 Å². The number of benzene rings is 1. The van der Waals surface area contributed by atoms with Gasteiger partial charge in [-0.1, -0.05) is 11.6 Å². The zero-order valence-electron chi connectivity index (χ0n) is 10.0. The molecule has 0 spiro atoms. The van der Waals surface area contributed by atoms with Crippen LogP contribution in [0.1, 0.15) is 13.8 Å². The molecule has 0 saturated carbocycles. The van der Waals surface area contributed by atoms with Crippen molar-refractivity contribution in [2.24, 2.45) is 0 Å². The lowest BCUT2D eigenvalue weighted by molar-refractivity contribution is -0.160. The van der Waals surface area contributed by atoms with Gasteiger partial charge in [-0.2, -0.15) is 0 Å². The molecular weight excluding hydrogens is 258 g/mol. The lowest BCUT2D eigenvalue weighted by atomic mass is 10.3. The van der Waals surface area contributed by atoms with Crippen molar-refractivity contribution in [2.45, 2.75) is 26.1 Å². The summed E-state index contributed by atoms with van der Waals surface area (Å²) in [5, 5.41) is 12.1. The van der Waals surface area contributed by atoms with E-state index in [1.807, 2.05) is 0 Å². The molecule has 2 atom stereocenters. The van der Waals surface area contributed by atoms with Gasteiger partial charge in [-0.05, 0) is 38.1 Å². The van der Waals surface area contributed by atoms with Crippen LogP contribution in [-0.4, -0.2) is 29.2 Å². The van der Waals surface area contributed by atoms with Crippen LogP contribution >= 0.6 is 11.6 Å². The summed E-state index contributed by atoms with van der Waals surface area (Å²) in [4.78, 5) is 22.7. The number of esters is 1. The van der Waals surface area contributed by atoms with E-state index < -0.39 is 24.1 Å². The second-order valence-electron chi connectivity index (χ2n) is 3.75. The fourth-order valence-electron chi connectivity index (χ4n) is 1.10. The Morgan fingerprint density at radius 3 is 2.33 bits per heavy atom. The molecule has 0 aromatic heterocycles. The molecule has 0 radical (unpaired) electrons. The number of hydrogen-bond acceptors (Lipinski definition) is 4. The smallest absolute Gasteiger partial charge is 0.335 e. The van der Waals surface area contributed by atoms with Crippen LogP contribution in [-0.2, 0) is 14.3 Å². The predicted molar refractivity (Wildman–Crippen MR) is 67.3 cm³/mol. The highest BCUT2D eigenvalue weighted by molar-refractivity contribution is 6.30. The standard InChI is InChI=1S/C12H14ClNO4/c1-7(15)12(17)18-8(2)11(16)14-10-5-3-9(13)4-6-10/h3-8,15H,1-2H3,(H,14,16)/t7-,8+/m1/s1. The van der Waals surface area contributed by atoms with E-state index in [4.69, 9.17) is 21.4 Å². The Hall–Kier alpha value is -1.59. The van der Waals surface area contributed by atoms with Crippen LogP contribution in [0, 0.1) is 0 Å². The number of aliphatic hydroxyl groups excluding tert-OH is 1. The summed E-state index contributed by atoms with van der Waals surface area (Å²) in [7, 11) is 0. The number of halogens is 1. The molecular formula is C12H14ClNO4. The summed E-state index contributed by atoms with van der Waals surface area (Å²) < 4.78 is 4.74. The third-order valence-electron chi connectivity index (χ3n) is 2.12. The van der Waals surface area contributed by atoms with Crippen LogP contribution in [0.3, 0.4) is 0 Å². The molecule has 0 aliphatic rings. The molecule has 98 valence electrons. The molecule has 5 nitrogen and oxygen atoms in total. The summed E-state index contributed by atoms with van der Waals surface area (Å²) in [6, 6.07) is 6.51. The molecule has 0 aliphatic carbocycles. The molecule has 1 rings (SSSR count). The Balaban J connectivity index is 2.54. The van der Waals surface area contributed by atoms with E-state index >= 15 is 0 Å². The van der Waals surface area contributed by atoms with E-state index in [9.17, 15) is 9.59 Å². The van der Waals surface area contributed by atoms with E-state index in [1.165, 1.54) is 13.8 Å². The summed E-state index contributed by atoms with van der Waals surface area (Å²) in [6.45, 7) is 2.69. The van der Waals surface area contributed by atoms with Crippen LogP contribution in [0.5, 0.6) is 0 Å². The highest BCUT2D eigenvalue weighted by atomic mass is 35.5. The van der Waals surface area contributed by atoms with Crippen LogP contribution in [0.15, 0.2) is 24.3 Å². The third-order valence-corrected chi connectivity index (χ3v) is 2.37. The maximum Gasteiger partial charge on any atom is 0.335 e. The predicted octanol–water partition coefficient (Wildman–Crippen LogP) is 1.59. The maximum atomic E-state index is 11.7. The average Bonchev–Trinajstić information content (AvgIpc) is 2.31. The molecule has 1 aromatic carbocycles. The number of hydrogen-bond donors (Lipinski definition) is 2. The molecule has 0 unspecified atom stereocenters. The number of aliphatic hydroxyl groups is 1. The van der Waals surface area contributed by atoms with Crippen molar-refractivity contribution in [3.05, 3.63) is 29.3 Å². The van der Waals surface area contributed by atoms with Gasteiger partial charge in [0.05, 0.1) is 0 Å². The monoisotopic (exact) mass is 271 g/mol. The third kappa shape index (κ3) is 4.35. The molecule has 18 heavy (non-hydrogen) atoms. The molecule has 6 heteroatoms. The summed E-state index contributed by atoms with van der Waals surface area (Å²) in [5.74, 6) is -1.32. The lowest BCUT2D eigenvalue weighted by Gasteiger charge is -2.14. The van der Waals surface area contributed by atoms with Crippen LogP contribution < -0.4 is 5.32 Å². The van der Waals surface area contributed by atoms with Crippen molar-refractivity contribution >= 4 is 29.2 Å². The Labute approximate surface area is 110 Å². The first-order chi connectivity index (χ1) is 8.40. The van der Waals surface area contributed by atoms with Gasteiger partial charge in [0.1, 0.15) is 6.10 Å². The minimum Gasteiger partial charge on any atom is -0.451 e. The molecule has 0 heterocycles. The molecule has 0 bridgehead atoms. The van der Waals surface area contributed by atoms with Crippen molar-refractivity contribution in [1.82, 2.24) is 0 Å². The van der Waals surface area contributed by atoms with Gasteiger partial charge in [0.2, 0.25) is 0 Å². The van der Waals surface area contributed by atoms with Crippen molar-refractivity contribution in [3.8, 4) is 0 Å². The highest BCUT2D eigenvalue weighted by Gasteiger charge is 2.20. The summed E-state index contributed by atoms with van der Waals surface area (Å²) in [6.07, 6.45) is -2.24. The van der Waals surface area contributed by atoms with Crippen molar-refractivity contribution in [1.29, 1.82) is 0 Å². The molecule has 0 aliphatic heterocycles. The van der Waals surface area contributed by atoms with Crippen LogP contribution in [0.4, 0.5) is 5.69 Å². The average molecular weight is 272 g/mol. The first kappa shape index (κ1) is 14.5. The van der Waals surface area contributed by atoms with Gasteiger partial charge in [-0.15, -0.1) is 0 Å². The summed E-state index contributed by atoms with van der Waals surface area (Å²) in [5.41, 5.74) is 0.546. The summed E-state index contributed by atoms with van der Waals surface area (Å²) >= 11 is 5.70. The number of nitrogens with one attached hydrogen (secondary N) is 1. The Bertz CT molecular complexity index is 430. The van der Waals surface area contributed by atoms with Gasteiger partial charge in [0.25, 0.3) is 5.91 Å². The number of rotatable bonds is 4. The Kier molecular flexibility index (Phi) is 5.12. The quantitative estimate of drug-likeness (QED) is 0.816. The van der Waals surface area contributed by atoms with E-state index in [-0.39, 0.29) is 0 Å². The number of carbonyl (C=O) groups is 2. The zero-order valence-corrected chi connectivity index (χ0v) is 10.8. The van der Waals surface area contributed by atoms with Crippen molar-refractivity contribution in [2.75, 3.05) is 5.32 Å². The SMILES string of the molecule is C[C@H](OC(=O)[C@@H](C)O)C(=O)Nc1ccc(Cl)cc1. The minimum atomic E-state index is -1.25. The number of amides is 1. The molecule has 1 amide bonds. The minimum absolute atomic E-state index is 0.480. The molecule has 0 saturated heterocycles. The first-order valence-corrected chi connectivity index (χ1v) is 5.73. The van der Waals surface area contributed by atoms with Gasteiger partial charge in [0.15, 0.2) is 6.10 Å². The lowest BCUT2D eigenvalue weighted by Crippen LogP contribution is -2.33. The number of anilines is 1. The van der Waals surface area contributed by atoms with Gasteiger partial charge in [-0.3, -0.25) is 4.79 Å². The topological polar surface area (TPSA) is 75.6 Å². The van der Waals surface area contributed by atoms with Gasteiger partial charge in [0, 0.05) is 10.7 Å². The van der Waals surface area contributed by atoms with E-state index in [1.54, 1.807) is 24.3 Å². The molecule has 0 fully saturated rings.